The van der Waals surface area contributed by atoms with Crippen LogP contribution < -0.4 is 10.9 Å². The molecule has 2 N–H and O–H groups in total. The predicted octanol–water partition coefficient (Wildman–Crippen LogP) is 5.12. The summed E-state index contributed by atoms with van der Waals surface area (Å²) in [7, 11) is 0. The Kier molecular flexibility index (Phi) is 5.83. The Morgan fingerprint density at radius 1 is 1.23 bits per heavy atom. The second kappa shape index (κ2) is 8.74. The van der Waals surface area contributed by atoms with Crippen molar-refractivity contribution in [3.8, 4) is 11.3 Å². The quantitative estimate of drug-likeness (QED) is 0.393. The summed E-state index contributed by atoms with van der Waals surface area (Å²) in [5, 5.41) is 6.70. The van der Waals surface area contributed by atoms with Gasteiger partial charge in [-0.25, -0.2) is 9.97 Å². The second-order valence-corrected chi connectivity index (χ2v) is 10.5. The fraction of sp³-hybridized carbons (Fsp3) is 0.238. The lowest BCUT2D eigenvalue weighted by Crippen LogP contribution is -2.15. The lowest BCUT2D eigenvalue weighted by Gasteiger charge is -2.03. The van der Waals surface area contributed by atoms with Gasteiger partial charge in [-0.05, 0) is 37.0 Å². The molecule has 31 heavy (non-hydrogen) atoms. The molecule has 0 saturated carbocycles. The third-order valence-electron chi connectivity index (χ3n) is 4.99. The lowest BCUT2D eigenvalue weighted by atomic mass is 10.2. The lowest BCUT2D eigenvalue weighted by molar-refractivity contribution is -0.113. The highest BCUT2D eigenvalue weighted by atomic mass is 35.5. The highest BCUT2D eigenvalue weighted by Crippen LogP contribution is 2.34. The van der Waals surface area contributed by atoms with Crippen molar-refractivity contribution in [1.82, 2.24) is 15.0 Å². The van der Waals surface area contributed by atoms with Crippen LogP contribution in [-0.4, -0.2) is 26.6 Å². The number of rotatable bonds is 6. The van der Waals surface area contributed by atoms with E-state index in [4.69, 9.17) is 11.6 Å². The number of fused-ring (bicyclic) bond motifs is 3. The number of benzene rings is 1. The van der Waals surface area contributed by atoms with E-state index < -0.39 is 0 Å². The van der Waals surface area contributed by atoms with Crippen LogP contribution in [0.3, 0.4) is 0 Å². The first kappa shape index (κ1) is 20.7. The number of nitrogens with zero attached hydrogens (tertiary/aromatic N) is 2. The number of H-pyrrole nitrogens is 1. The summed E-state index contributed by atoms with van der Waals surface area (Å²) < 4.78 is 0. The molecule has 0 bridgehead atoms. The number of thiophene rings is 1. The van der Waals surface area contributed by atoms with Crippen LogP contribution in [0, 0.1) is 0 Å². The summed E-state index contributed by atoms with van der Waals surface area (Å²) >= 11 is 10.3. The van der Waals surface area contributed by atoms with E-state index in [9.17, 15) is 9.59 Å². The number of amides is 1. The number of aromatic amines is 1. The largest absolute Gasteiger partial charge is 0.309 e. The zero-order valence-electron chi connectivity index (χ0n) is 16.2. The molecule has 4 aromatic rings. The standard InChI is InChI=1S/C21H17ClN4O2S3/c22-12-6-4-11(5-7-12)14-8-30-21(23-14)26-17(27)10-29-9-16-24-19(28)18-13-2-1-3-15(13)31-20(18)25-16/h4-8H,1-3,9-10H2,(H,23,26,27)(H,24,25,28). The van der Waals surface area contributed by atoms with Crippen LogP contribution in [0.1, 0.15) is 22.7 Å². The summed E-state index contributed by atoms with van der Waals surface area (Å²) in [4.78, 5) is 38.9. The van der Waals surface area contributed by atoms with E-state index in [-0.39, 0.29) is 17.2 Å². The van der Waals surface area contributed by atoms with E-state index >= 15 is 0 Å². The Labute approximate surface area is 195 Å². The molecular formula is C21H17ClN4O2S3. The van der Waals surface area contributed by atoms with Crippen molar-refractivity contribution in [2.45, 2.75) is 25.0 Å². The number of aromatic nitrogens is 3. The van der Waals surface area contributed by atoms with Gasteiger partial charge in [-0.3, -0.25) is 9.59 Å². The van der Waals surface area contributed by atoms with E-state index in [1.807, 2.05) is 29.6 Å². The molecule has 0 saturated heterocycles. The van der Waals surface area contributed by atoms with E-state index in [1.54, 1.807) is 11.3 Å². The number of carbonyl (C=O) groups is 1. The number of hydrogen-bond acceptors (Lipinski definition) is 7. The SMILES string of the molecule is O=C(CSCc1nc2sc3c(c2c(=O)[nH]1)CCC3)Nc1nc(-c2ccc(Cl)cc2)cs1. The van der Waals surface area contributed by atoms with Crippen molar-refractivity contribution in [1.29, 1.82) is 0 Å². The maximum atomic E-state index is 12.5. The molecule has 1 aliphatic carbocycles. The van der Waals surface area contributed by atoms with Crippen molar-refractivity contribution in [3.05, 3.63) is 61.3 Å². The van der Waals surface area contributed by atoms with Gasteiger partial charge in [0.05, 0.1) is 22.6 Å². The van der Waals surface area contributed by atoms with Crippen LogP contribution in [-0.2, 0) is 23.4 Å². The Morgan fingerprint density at radius 2 is 2.06 bits per heavy atom. The maximum absolute atomic E-state index is 12.5. The Balaban J connectivity index is 1.18. The number of thioether (sulfide) groups is 1. The van der Waals surface area contributed by atoms with Gasteiger partial charge in [0.15, 0.2) is 5.13 Å². The first-order valence-corrected chi connectivity index (χ1v) is 12.9. The normalized spacial score (nSPS) is 12.9. The van der Waals surface area contributed by atoms with Crippen molar-refractivity contribution >= 4 is 67.3 Å². The number of carbonyl (C=O) groups excluding carboxylic acids is 1. The van der Waals surface area contributed by atoms with E-state index in [0.29, 0.717) is 21.7 Å². The van der Waals surface area contributed by atoms with Gasteiger partial charge >= 0.3 is 0 Å². The first-order valence-electron chi connectivity index (χ1n) is 9.69. The summed E-state index contributed by atoms with van der Waals surface area (Å²) in [6, 6.07) is 7.41. The van der Waals surface area contributed by atoms with Crippen LogP contribution >= 0.6 is 46.0 Å². The molecule has 1 aliphatic rings. The van der Waals surface area contributed by atoms with Crippen LogP contribution in [0.4, 0.5) is 5.13 Å². The van der Waals surface area contributed by atoms with Crippen LogP contribution in [0.2, 0.25) is 5.02 Å². The molecule has 0 atom stereocenters. The molecule has 3 heterocycles. The number of hydrogen-bond donors (Lipinski definition) is 2. The van der Waals surface area contributed by atoms with Crippen LogP contribution in [0.5, 0.6) is 0 Å². The Bertz CT molecular complexity index is 1330. The molecule has 5 rings (SSSR count). The van der Waals surface area contributed by atoms with E-state index in [1.165, 1.54) is 33.5 Å². The summed E-state index contributed by atoms with van der Waals surface area (Å²) in [5.74, 6) is 1.18. The molecule has 158 valence electrons. The highest BCUT2D eigenvalue weighted by Gasteiger charge is 2.21. The van der Waals surface area contributed by atoms with Gasteiger partial charge in [0, 0.05) is 20.8 Å². The first-order chi connectivity index (χ1) is 15.1. The number of halogens is 1. The van der Waals surface area contributed by atoms with E-state index in [2.05, 4.69) is 20.3 Å². The summed E-state index contributed by atoms with van der Waals surface area (Å²) in [5.41, 5.74) is 2.85. The Morgan fingerprint density at radius 3 is 2.90 bits per heavy atom. The average Bonchev–Trinajstić information content (AvgIpc) is 3.44. The van der Waals surface area contributed by atoms with Crippen molar-refractivity contribution in [2.24, 2.45) is 0 Å². The molecule has 0 aliphatic heterocycles. The minimum absolute atomic E-state index is 0.0676. The zero-order valence-corrected chi connectivity index (χ0v) is 19.4. The van der Waals surface area contributed by atoms with Gasteiger partial charge in [-0.1, -0.05) is 23.7 Å². The molecular weight excluding hydrogens is 472 g/mol. The van der Waals surface area contributed by atoms with Crippen LogP contribution in [0.15, 0.2) is 34.4 Å². The van der Waals surface area contributed by atoms with Gasteiger partial charge in [0.2, 0.25) is 5.91 Å². The topological polar surface area (TPSA) is 87.7 Å². The van der Waals surface area contributed by atoms with E-state index in [0.717, 1.165) is 40.7 Å². The minimum atomic E-state index is -0.138. The van der Waals surface area contributed by atoms with Gasteiger partial charge in [0.25, 0.3) is 5.56 Å². The summed E-state index contributed by atoms with van der Waals surface area (Å²) in [6.07, 6.45) is 3.12. The number of aryl methyl sites for hydroxylation is 2. The number of nitrogens with one attached hydrogen (secondary N) is 2. The zero-order chi connectivity index (χ0) is 21.4. The smallest absolute Gasteiger partial charge is 0.259 e. The second-order valence-electron chi connectivity index (χ2n) is 7.14. The molecule has 0 unspecified atom stereocenters. The molecule has 1 aromatic carbocycles. The van der Waals surface area contributed by atoms with Crippen molar-refractivity contribution in [3.63, 3.8) is 0 Å². The number of anilines is 1. The number of thiazole rings is 1. The van der Waals surface area contributed by atoms with Gasteiger partial charge in [-0.15, -0.1) is 34.4 Å². The summed E-state index contributed by atoms with van der Waals surface area (Å²) in [6.45, 7) is 0. The van der Waals surface area contributed by atoms with Gasteiger partial charge in [0.1, 0.15) is 10.7 Å². The minimum Gasteiger partial charge on any atom is -0.309 e. The highest BCUT2D eigenvalue weighted by molar-refractivity contribution is 7.99. The maximum Gasteiger partial charge on any atom is 0.259 e. The molecule has 6 nitrogen and oxygen atoms in total. The molecule has 1 amide bonds. The monoisotopic (exact) mass is 488 g/mol. The molecule has 10 heteroatoms. The fourth-order valence-electron chi connectivity index (χ4n) is 3.60. The van der Waals surface area contributed by atoms with Crippen LogP contribution in [0.25, 0.3) is 21.5 Å². The van der Waals surface area contributed by atoms with Crippen molar-refractivity contribution < 1.29 is 4.79 Å². The predicted molar refractivity (Wildman–Crippen MR) is 130 cm³/mol. The van der Waals surface area contributed by atoms with Gasteiger partial charge in [-0.2, -0.15) is 0 Å². The van der Waals surface area contributed by atoms with Crippen molar-refractivity contribution in [2.75, 3.05) is 11.1 Å². The molecule has 0 radical (unpaired) electrons. The average molecular weight is 489 g/mol. The molecule has 3 aromatic heterocycles. The third kappa shape index (κ3) is 4.41. The van der Waals surface area contributed by atoms with Gasteiger partial charge < -0.3 is 10.3 Å². The third-order valence-corrected chi connectivity index (χ3v) is 8.13. The molecule has 0 spiro atoms. The fourth-order valence-corrected chi connectivity index (χ4v) is 6.43. The Hall–Kier alpha value is -2.20. The molecule has 0 fully saturated rings.